The summed E-state index contributed by atoms with van der Waals surface area (Å²) in [6.45, 7) is 1.89. The third-order valence-corrected chi connectivity index (χ3v) is 5.93. The second kappa shape index (κ2) is 11.4. The summed E-state index contributed by atoms with van der Waals surface area (Å²) in [7, 11) is 0. The Morgan fingerprint density at radius 2 is 1.71 bits per heavy atom. The summed E-state index contributed by atoms with van der Waals surface area (Å²) in [6.07, 6.45) is -0.669. The zero-order valence-electron chi connectivity index (χ0n) is 17.4. The maximum atomic E-state index is 13.3. The lowest BCUT2D eigenvalue weighted by Crippen LogP contribution is -2.51. The minimum Gasteiger partial charge on any atom is -0.465 e. The molecule has 0 radical (unpaired) electrons. The summed E-state index contributed by atoms with van der Waals surface area (Å²) in [5.74, 6) is 0.187. The maximum Gasteiger partial charge on any atom is 0.408 e. The first-order valence-electron chi connectivity index (χ1n) is 10.1. The Morgan fingerprint density at radius 3 is 2.39 bits per heavy atom. The highest BCUT2D eigenvalue weighted by atomic mass is 32.2. The number of carbonyl (C=O) groups is 3. The number of benzene rings is 2. The molecule has 0 bridgehead atoms. The van der Waals surface area contributed by atoms with Gasteiger partial charge in [0.2, 0.25) is 5.91 Å². The van der Waals surface area contributed by atoms with Gasteiger partial charge in [-0.2, -0.15) is 11.8 Å². The van der Waals surface area contributed by atoms with Gasteiger partial charge in [-0.25, -0.2) is 4.79 Å². The highest BCUT2D eigenvalue weighted by molar-refractivity contribution is 7.99. The second-order valence-electron chi connectivity index (χ2n) is 6.99. The van der Waals surface area contributed by atoms with Gasteiger partial charge in [-0.1, -0.05) is 60.7 Å². The van der Waals surface area contributed by atoms with Crippen LogP contribution in [0.25, 0.3) is 0 Å². The highest BCUT2D eigenvalue weighted by Gasteiger charge is 2.36. The molecule has 0 aromatic heterocycles. The molecule has 0 aliphatic carbocycles. The second-order valence-corrected chi connectivity index (χ2v) is 8.07. The number of thioether (sulfide) groups is 1. The molecular formula is C23H26N2O5S. The van der Waals surface area contributed by atoms with Gasteiger partial charge >= 0.3 is 12.1 Å². The Morgan fingerprint density at radius 1 is 1.03 bits per heavy atom. The van der Waals surface area contributed by atoms with E-state index in [1.165, 1.54) is 4.90 Å². The number of carbonyl (C=O) groups excluding carboxylic acids is 3. The van der Waals surface area contributed by atoms with E-state index in [4.69, 9.17) is 9.47 Å². The van der Waals surface area contributed by atoms with Crippen LogP contribution in [0.3, 0.4) is 0 Å². The molecule has 1 aliphatic rings. The molecular weight excluding hydrogens is 416 g/mol. The van der Waals surface area contributed by atoms with Crippen molar-refractivity contribution in [3.63, 3.8) is 0 Å². The van der Waals surface area contributed by atoms with Gasteiger partial charge in [-0.05, 0) is 18.1 Å². The predicted octanol–water partition coefficient (Wildman–Crippen LogP) is 3.16. The van der Waals surface area contributed by atoms with Gasteiger partial charge in [0.1, 0.15) is 19.2 Å². The summed E-state index contributed by atoms with van der Waals surface area (Å²) >= 11 is 1.55. The smallest absolute Gasteiger partial charge is 0.408 e. The fraction of sp³-hybridized carbons (Fsp3) is 0.348. The van der Waals surface area contributed by atoms with Crippen LogP contribution in [0.2, 0.25) is 0 Å². The molecule has 0 unspecified atom stereocenters. The molecule has 2 amide bonds. The van der Waals surface area contributed by atoms with Gasteiger partial charge < -0.3 is 19.7 Å². The largest absolute Gasteiger partial charge is 0.465 e. The number of hydrogen-bond donors (Lipinski definition) is 1. The van der Waals surface area contributed by atoms with Crippen LogP contribution in [-0.2, 0) is 25.7 Å². The van der Waals surface area contributed by atoms with Crippen LogP contribution in [-0.4, -0.2) is 53.6 Å². The van der Waals surface area contributed by atoms with Crippen molar-refractivity contribution in [3.05, 3.63) is 71.8 Å². The van der Waals surface area contributed by atoms with Gasteiger partial charge in [-0.15, -0.1) is 0 Å². The number of esters is 1. The van der Waals surface area contributed by atoms with Crippen molar-refractivity contribution in [1.82, 2.24) is 10.2 Å². The van der Waals surface area contributed by atoms with Crippen LogP contribution in [0.1, 0.15) is 24.1 Å². The molecule has 2 aromatic rings. The summed E-state index contributed by atoms with van der Waals surface area (Å²) < 4.78 is 10.3. The van der Waals surface area contributed by atoms with Crippen molar-refractivity contribution < 1.29 is 23.9 Å². The molecule has 1 aliphatic heterocycles. The molecule has 1 saturated heterocycles. The molecule has 31 heavy (non-hydrogen) atoms. The van der Waals surface area contributed by atoms with E-state index in [-0.39, 0.29) is 31.7 Å². The highest BCUT2D eigenvalue weighted by Crippen LogP contribution is 2.29. The molecule has 1 N–H and O–H groups in total. The standard InChI is InChI=1S/C23H26N2O5S/c1-2-29-21(26)13-25-20(18-11-7-4-8-12-18)16-31-15-19(22(25)27)24-23(28)30-14-17-9-5-3-6-10-17/h3-12,19-20H,2,13-16H2,1H3,(H,24,28)/t19-,20-/m0/s1. The minimum atomic E-state index is -0.795. The first kappa shape index (κ1) is 22.7. The third kappa shape index (κ3) is 6.49. The zero-order chi connectivity index (χ0) is 22.1. The SMILES string of the molecule is CCOC(=O)CN1C(=O)[C@@H](NC(=O)OCc2ccccc2)CSC[C@H]1c1ccccc1. The van der Waals surface area contributed by atoms with E-state index in [0.717, 1.165) is 11.1 Å². The number of nitrogens with one attached hydrogen (secondary N) is 1. The van der Waals surface area contributed by atoms with Crippen molar-refractivity contribution in [1.29, 1.82) is 0 Å². The number of nitrogens with zero attached hydrogens (tertiary/aromatic N) is 1. The lowest BCUT2D eigenvalue weighted by molar-refractivity contribution is -0.150. The molecule has 0 spiro atoms. The first-order chi connectivity index (χ1) is 15.1. The zero-order valence-corrected chi connectivity index (χ0v) is 18.2. The fourth-order valence-corrected chi connectivity index (χ4v) is 4.50. The van der Waals surface area contributed by atoms with Crippen molar-refractivity contribution in [2.24, 2.45) is 0 Å². The van der Waals surface area contributed by atoms with E-state index in [1.54, 1.807) is 18.7 Å². The molecule has 164 valence electrons. The van der Waals surface area contributed by atoms with E-state index in [0.29, 0.717) is 11.5 Å². The molecule has 2 atom stereocenters. The van der Waals surface area contributed by atoms with Crippen LogP contribution in [0.5, 0.6) is 0 Å². The number of hydrogen-bond acceptors (Lipinski definition) is 6. The quantitative estimate of drug-likeness (QED) is 0.663. The summed E-state index contributed by atoms with van der Waals surface area (Å²) in [4.78, 5) is 39.3. The van der Waals surface area contributed by atoms with Crippen LogP contribution in [0.4, 0.5) is 4.79 Å². The number of alkyl carbamates (subject to hydrolysis) is 1. The number of amides is 2. The molecule has 2 aromatic carbocycles. The van der Waals surface area contributed by atoms with Crippen molar-refractivity contribution in [3.8, 4) is 0 Å². The van der Waals surface area contributed by atoms with Crippen LogP contribution in [0.15, 0.2) is 60.7 Å². The Hall–Kier alpha value is -3.00. The summed E-state index contributed by atoms with van der Waals surface area (Å²) in [5.41, 5.74) is 1.78. The van der Waals surface area contributed by atoms with E-state index < -0.39 is 18.1 Å². The van der Waals surface area contributed by atoms with E-state index in [1.807, 2.05) is 60.7 Å². The van der Waals surface area contributed by atoms with E-state index >= 15 is 0 Å². The van der Waals surface area contributed by atoms with Crippen molar-refractivity contribution >= 4 is 29.7 Å². The monoisotopic (exact) mass is 442 g/mol. The third-order valence-electron chi connectivity index (χ3n) is 4.81. The predicted molar refractivity (Wildman–Crippen MR) is 118 cm³/mol. The summed E-state index contributed by atoms with van der Waals surface area (Å²) in [6, 6.07) is 17.8. The molecule has 3 rings (SSSR count). The van der Waals surface area contributed by atoms with Crippen molar-refractivity contribution in [2.75, 3.05) is 24.7 Å². The van der Waals surface area contributed by atoms with E-state index in [9.17, 15) is 14.4 Å². The van der Waals surface area contributed by atoms with Crippen LogP contribution >= 0.6 is 11.8 Å². The molecule has 7 nitrogen and oxygen atoms in total. The van der Waals surface area contributed by atoms with Gasteiger partial charge in [0, 0.05) is 11.5 Å². The molecule has 0 saturated carbocycles. The van der Waals surface area contributed by atoms with Crippen LogP contribution in [0, 0.1) is 0 Å². The Balaban J connectivity index is 1.71. The minimum absolute atomic E-state index is 0.111. The topological polar surface area (TPSA) is 84.9 Å². The Bertz CT molecular complexity index is 878. The number of ether oxygens (including phenoxy) is 2. The molecule has 8 heteroatoms. The first-order valence-corrected chi connectivity index (χ1v) is 11.3. The fourth-order valence-electron chi connectivity index (χ4n) is 3.31. The van der Waals surface area contributed by atoms with Gasteiger partial charge in [0.05, 0.1) is 12.6 Å². The lowest BCUT2D eigenvalue weighted by atomic mass is 10.1. The average Bonchev–Trinajstić information content (AvgIpc) is 2.93. The average molecular weight is 443 g/mol. The van der Waals surface area contributed by atoms with E-state index in [2.05, 4.69) is 5.32 Å². The van der Waals surface area contributed by atoms with Gasteiger partial charge in [0.25, 0.3) is 0 Å². The Kier molecular flexibility index (Phi) is 8.35. The summed E-state index contributed by atoms with van der Waals surface area (Å²) in [5, 5.41) is 2.66. The van der Waals surface area contributed by atoms with Gasteiger partial charge in [0.15, 0.2) is 0 Å². The lowest BCUT2D eigenvalue weighted by Gasteiger charge is -2.31. The molecule has 1 heterocycles. The maximum absolute atomic E-state index is 13.3. The number of rotatable bonds is 7. The van der Waals surface area contributed by atoms with Gasteiger partial charge in [-0.3, -0.25) is 9.59 Å². The Labute approximate surface area is 186 Å². The van der Waals surface area contributed by atoms with Crippen LogP contribution < -0.4 is 5.32 Å². The molecule has 1 fully saturated rings. The normalized spacial score (nSPS) is 18.7. The van der Waals surface area contributed by atoms with Crippen molar-refractivity contribution in [2.45, 2.75) is 25.6 Å².